The van der Waals surface area contributed by atoms with Crippen molar-refractivity contribution in [2.45, 2.75) is 31.5 Å². The van der Waals surface area contributed by atoms with Gasteiger partial charge in [-0.3, -0.25) is 4.98 Å². The van der Waals surface area contributed by atoms with Crippen LogP contribution in [-0.4, -0.2) is 51.2 Å². The summed E-state index contributed by atoms with van der Waals surface area (Å²) in [5, 5.41) is 3.12. The Morgan fingerprint density at radius 1 is 1.22 bits per heavy atom. The number of hydrogen-bond donors (Lipinski definition) is 2. The van der Waals surface area contributed by atoms with Crippen molar-refractivity contribution >= 4 is 11.5 Å². The fraction of sp³-hybridized carbons (Fsp3) is 0.429. The summed E-state index contributed by atoms with van der Waals surface area (Å²) in [5.74, 6) is 1.53. The van der Waals surface area contributed by atoms with Crippen molar-refractivity contribution in [1.82, 2.24) is 29.8 Å². The SMILES string of the molecule is CNCCn1cc(-c2ccnc(C(F)(F)F)c2)nc1C1CCN(c2cncnc2N)CC1. The number of alkyl halides is 3. The highest BCUT2D eigenvalue weighted by atomic mass is 19.4. The molecule has 0 aromatic carbocycles. The lowest BCUT2D eigenvalue weighted by atomic mass is 9.95. The van der Waals surface area contributed by atoms with Gasteiger partial charge in [-0.15, -0.1) is 0 Å². The van der Waals surface area contributed by atoms with Crippen LogP contribution in [0.5, 0.6) is 0 Å². The van der Waals surface area contributed by atoms with E-state index in [0.717, 1.165) is 50.1 Å². The van der Waals surface area contributed by atoms with Gasteiger partial charge in [-0.05, 0) is 32.0 Å². The molecule has 170 valence electrons. The molecule has 3 aromatic rings. The van der Waals surface area contributed by atoms with Crippen LogP contribution in [0.15, 0.2) is 37.1 Å². The topological polar surface area (TPSA) is 97.8 Å². The number of imidazole rings is 1. The van der Waals surface area contributed by atoms with Gasteiger partial charge in [0.15, 0.2) is 0 Å². The molecule has 32 heavy (non-hydrogen) atoms. The quantitative estimate of drug-likeness (QED) is 0.601. The lowest BCUT2D eigenvalue weighted by Gasteiger charge is -2.33. The number of halogens is 3. The van der Waals surface area contributed by atoms with Gasteiger partial charge in [-0.2, -0.15) is 13.2 Å². The summed E-state index contributed by atoms with van der Waals surface area (Å²) in [5.41, 5.74) is 6.81. The number of likely N-dealkylation sites (N-methyl/N-ethyl adjacent to an activating group) is 1. The van der Waals surface area contributed by atoms with E-state index in [1.807, 2.05) is 17.8 Å². The fourth-order valence-electron chi connectivity index (χ4n) is 4.01. The molecule has 0 saturated carbocycles. The molecule has 8 nitrogen and oxygen atoms in total. The Bertz CT molecular complexity index is 1060. The monoisotopic (exact) mass is 446 g/mol. The molecule has 3 N–H and O–H groups in total. The van der Waals surface area contributed by atoms with Crippen LogP contribution in [0.2, 0.25) is 0 Å². The number of nitrogens with two attached hydrogens (primary N) is 1. The molecule has 4 rings (SSSR count). The van der Waals surface area contributed by atoms with E-state index in [1.54, 1.807) is 12.3 Å². The number of nitrogens with zero attached hydrogens (tertiary/aromatic N) is 6. The number of piperidine rings is 1. The summed E-state index contributed by atoms with van der Waals surface area (Å²) in [6.45, 7) is 2.94. The summed E-state index contributed by atoms with van der Waals surface area (Å²) in [6.07, 6.45) is 3.34. The van der Waals surface area contributed by atoms with Gasteiger partial charge in [0, 0.05) is 50.1 Å². The van der Waals surface area contributed by atoms with Crippen molar-refractivity contribution < 1.29 is 13.2 Å². The number of pyridine rings is 1. The highest BCUT2D eigenvalue weighted by Crippen LogP contribution is 2.34. The molecule has 1 saturated heterocycles. The second-order valence-corrected chi connectivity index (χ2v) is 7.76. The smallest absolute Gasteiger partial charge is 0.382 e. The molecule has 0 spiro atoms. The average molecular weight is 446 g/mol. The zero-order valence-electron chi connectivity index (χ0n) is 17.7. The van der Waals surface area contributed by atoms with E-state index in [2.05, 4.69) is 25.2 Å². The largest absolute Gasteiger partial charge is 0.433 e. The summed E-state index contributed by atoms with van der Waals surface area (Å²) in [7, 11) is 1.86. The molecule has 0 unspecified atom stereocenters. The molecule has 0 radical (unpaired) electrons. The van der Waals surface area contributed by atoms with Crippen molar-refractivity contribution in [3.63, 3.8) is 0 Å². The van der Waals surface area contributed by atoms with E-state index in [9.17, 15) is 13.2 Å². The van der Waals surface area contributed by atoms with Gasteiger partial charge in [0.2, 0.25) is 0 Å². The zero-order valence-corrected chi connectivity index (χ0v) is 17.7. The minimum Gasteiger partial charge on any atom is -0.382 e. The molecule has 0 aliphatic carbocycles. The first-order chi connectivity index (χ1) is 15.4. The Balaban J connectivity index is 1.58. The van der Waals surface area contributed by atoms with E-state index < -0.39 is 11.9 Å². The first-order valence-electron chi connectivity index (χ1n) is 10.4. The lowest BCUT2D eigenvalue weighted by Crippen LogP contribution is -2.34. The van der Waals surface area contributed by atoms with Crippen LogP contribution in [0, 0.1) is 0 Å². The van der Waals surface area contributed by atoms with Crippen molar-refractivity contribution in [1.29, 1.82) is 0 Å². The van der Waals surface area contributed by atoms with Crippen LogP contribution in [-0.2, 0) is 12.7 Å². The Morgan fingerprint density at radius 2 is 2.00 bits per heavy atom. The van der Waals surface area contributed by atoms with Gasteiger partial charge in [-0.25, -0.2) is 15.0 Å². The third-order valence-electron chi connectivity index (χ3n) is 5.68. The van der Waals surface area contributed by atoms with E-state index >= 15 is 0 Å². The van der Waals surface area contributed by atoms with Crippen molar-refractivity contribution in [2.75, 3.05) is 37.3 Å². The van der Waals surface area contributed by atoms with E-state index in [-0.39, 0.29) is 5.92 Å². The van der Waals surface area contributed by atoms with Gasteiger partial charge in [0.25, 0.3) is 0 Å². The van der Waals surface area contributed by atoms with Gasteiger partial charge in [0.05, 0.1) is 17.6 Å². The first kappa shape index (κ1) is 22.0. The standard InChI is InChI=1S/C21H25F3N8/c1-26-6-9-32-12-16(15-2-5-28-18(10-15)21(22,23)24)30-20(32)14-3-7-31(8-4-14)17-11-27-13-29-19(17)25/h2,5,10-14,26H,3-4,6-9H2,1H3,(H2,25,27,29). The molecular weight excluding hydrogens is 421 g/mol. The number of hydrogen-bond acceptors (Lipinski definition) is 7. The highest BCUT2D eigenvalue weighted by molar-refractivity contribution is 5.62. The van der Waals surface area contributed by atoms with Crippen LogP contribution in [0.3, 0.4) is 0 Å². The molecule has 3 aromatic heterocycles. The average Bonchev–Trinajstić information content (AvgIpc) is 3.22. The van der Waals surface area contributed by atoms with Crippen LogP contribution >= 0.6 is 0 Å². The number of aromatic nitrogens is 5. The van der Waals surface area contributed by atoms with Crippen molar-refractivity contribution in [2.24, 2.45) is 0 Å². The second-order valence-electron chi connectivity index (χ2n) is 7.76. The molecular formula is C21H25F3N8. The Morgan fingerprint density at radius 3 is 2.69 bits per heavy atom. The summed E-state index contributed by atoms with van der Waals surface area (Å²) in [6, 6.07) is 2.61. The van der Waals surface area contributed by atoms with Crippen LogP contribution in [0.4, 0.5) is 24.7 Å². The van der Waals surface area contributed by atoms with Crippen LogP contribution < -0.4 is 16.0 Å². The predicted octanol–water partition coefficient (Wildman–Crippen LogP) is 2.94. The maximum atomic E-state index is 13.1. The number of rotatable bonds is 6. The second kappa shape index (κ2) is 9.11. The van der Waals surface area contributed by atoms with Crippen LogP contribution in [0.1, 0.15) is 30.3 Å². The fourth-order valence-corrected chi connectivity index (χ4v) is 4.01. The molecule has 0 atom stereocenters. The van der Waals surface area contributed by atoms with Crippen molar-refractivity contribution in [3.05, 3.63) is 48.6 Å². The minimum atomic E-state index is -4.50. The molecule has 11 heteroatoms. The lowest BCUT2D eigenvalue weighted by molar-refractivity contribution is -0.141. The third kappa shape index (κ3) is 4.67. The molecule has 4 heterocycles. The third-order valence-corrected chi connectivity index (χ3v) is 5.68. The van der Waals surface area contributed by atoms with E-state index in [1.165, 1.54) is 12.5 Å². The molecule has 0 bridgehead atoms. The van der Waals surface area contributed by atoms with Gasteiger partial charge in [-0.1, -0.05) is 0 Å². The van der Waals surface area contributed by atoms with Gasteiger partial charge < -0.3 is 20.5 Å². The van der Waals surface area contributed by atoms with Crippen molar-refractivity contribution in [3.8, 4) is 11.3 Å². The number of nitrogen functional groups attached to an aromatic ring is 1. The molecule has 1 aliphatic rings. The Labute approximate surface area is 183 Å². The van der Waals surface area contributed by atoms with Gasteiger partial charge >= 0.3 is 6.18 Å². The van der Waals surface area contributed by atoms with E-state index in [0.29, 0.717) is 23.6 Å². The highest BCUT2D eigenvalue weighted by Gasteiger charge is 2.33. The maximum Gasteiger partial charge on any atom is 0.433 e. The number of nitrogens with one attached hydrogen (secondary N) is 1. The van der Waals surface area contributed by atoms with Crippen LogP contribution in [0.25, 0.3) is 11.3 Å². The molecule has 1 fully saturated rings. The normalized spacial score (nSPS) is 15.3. The zero-order chi connectivity index (χ0) is 22.7. The van der Waals surface area contributed by atoms with E-state index in [4.69, 9.17) is 10.7 Å². The Kier molecular flexibility index (Phi) is 6.26. The molecule has 1 aliphatic heterocycles. The minimum absolute atomic E-state index is 0.187. The molecule has 0 amide bonds. The van der Waals surface area contributed by atoms with Gasteiger partial charge in [0.1, 0.15) is 23.7 Å². The summed E-state index contributed by atoms with van der Waals surface area (Å²) >= 11 is 0. The predicted molar refractivity (Wildman–Crippen MR) is 115 cm³/mol. The number of anilines is 2. The summed E-state index contributed by atoms with van der Waals surface area (Å²) < 4.78 is 41.4. The summed E-state index contributed by atoms with van der Waals surface area (Å²) in [4.78, 5) is 18.5. The Hall–Kier alpha value is -3.21. The first-order valence-corrected chi connectivity index (χ1v) is 10.4. The maximum absolute atomic E-state index is 13.1.